The predicted octanol–water partition coefficient (Wildman–Crippen LogP) is 2.08. The minimum absolute atomic E-state index is 0.157. The average Bonchev–Trinajstić information content (AvgIpc) is 2.39. The molecule has 104 valence electrons. The molecule has 0 spiro atoms. The van der Waals surface area contributed by atoms with E-state index in [2.05, 4.69) is 34.9 Å². The zero-order valence-corrected chi connectivity index (χ0v) is 12.5. The first-order chi connectivity index (χ1) is 9.15. The molecule has 0 aliphatic carbocycles. The van der Waals surface area contributed by atoms with E-state index < -0.39 is 0 Å². The molecule has 0 aliphatic heterocycles. The first kappa shape index (κ1) is 15.6. The van der Waals surface area contributed by atoms with Crippen molar-refractivity contribution in [1.29, 1.82) is 0 Å². The Balaban J connectivity index is 2.38. The number of rotatable bonds is 6. The van der Waals surface area contributed by atoms with Crippen molar-refractivity contribution >= 4 is 23.5 Å². The van der Waals surface area contributed by atoms with Crippen LogP contribution in [0.4, 0.5) is 0 Å². The van der Waals surface area contributed by atoms with Crippen LogP contribution in [0.5, 0.6) is 0 Å². The molecule has 5 heteroatoms. The molecule has 0 fully saturated rings. The lowest BCUT2D eigenvalue weighted by Gasteiger charge is -2.13. The summed E-state index contributed by atoms with van der Waals surface area (Å²) < 4.78 is 5.01. The second-order valence-corrected chi connectivity index (χ2v) is 4.70. The van der Waals surface area contributed by atoms with E-state index in [4.69, 9.17) is 17.0 Å². The topological polar surface area (TPSA) is 45.7 Å². The molecule has 4 nitrogen and oxygen atoms in total. The van der Waals surface area contributed by atoms with Gasteiger partial charge in [-0.25, -0.2) is 0 Å². The Morgan fingerprint density at radius 3 is 2.68 bits per heavy atom. The van der Waals surface area contributed by atoms with Gasteiger partial charge in [-0.05, 0) is 36.7 Å². The lowest BCUT2D eigenvalue weighted by atomic mass is 10.1. The van der Waals surface area contributed by atoms with Crippen molar-refractivity contribution in [3.63, 3.8) is 0 Å². The van der Waals surface area contributed by atoms with Crippen molar-refractivity contribution < 1.29 is 4.74 Å². The Morgan fingerprint density at radius 1 is 1.42 bits per heavy atom. The van der Waals surface area contributed by atoms with Gasteiger partial charge >= 0.3 is 0 Å². The maximum Gasteiger partial charge on any atom is 0.187 e. The van der Waals surface area contributed by atoms with Gasteiger partial charge in [0.15, 0.2) is 5.11 Å². The molecular weight excluding hydrogens is 258 g/mol. The Labute approximate surface area is 120 Å². The summed E-state index contributed by atoms with van der Waals surface area (Å²) in [7, 11) is 1.66. The minimum atomic E-state index is 0.157. The lowest BCUT2D eigenvalue weighted by molar-refractivity contribution is 0.179. The van der Waals surface area contributed by atoms with Crippen LogP contribution >= 0.6 is 12.2 Å². The molecule has 0 saturated heterocycles. The van der Waals surface area contributed by atoms with Gasteiger partial charge < -0.3 is 10.1 Å². The van der Waals surface area contributed by atoms with Gasteiger partial charge in [-0.15, -0.1) is 0 Å². The SMILES string of the molecule is CCc1ccc(/C=N\NC(=S)N[C@@H](C)COC)cc1. The summed E-state index contributed by atoms with van der Waals surface area (Å²) in [6.07, 6.45) is 2.79. The quantitative estimate of drug-likeness (QED) is 0.475. The van der Waals surface area contributed by atoms with Crippen LogP contribution in [0.15, 0.2) is 29.4 Å². The third-order valence-electron chi connectivity index (χ3n) is 2.56. The number of nitrogens with zero attached hydrogens (tertiary/aromatic N) is 1. The van der Waals surface area contributed by atoms with E-state index in [0.29, 0.717) is 11.7 Å². The van der Waals surface area contributed by atoms with Gasteiger partial charge in [0.05, 0.1) is 12.8 Å². The fraction of sp³-hybridized carbons (Fsp3) is 0.429. The second-order valence-electron chi connectivity index (χ2n) is 4.29. The number of nitrogens with one attached hydrogen (secondary N) is 2. The fourth-order valence-electron chi connectivity index (χ4n) is 1.55. The first-order valence-corrected chi connectivity index (χ1v) is 6.74. The standard InChI is InChI=1S/C14H21N3OS/c1-4-12-5-7-13(8-6-12)9-15-17-14(19)16-11(2)10-18-3/h5-9,11H,4,10H2,1-3H3,(H2,16,17,19)/b15-9-/t11-/m0/s1. The van der Waals surface area contributed by atoms with Crippen LogP contribution in [-0.4, -0.2) is 31.1 Å². The summed E-state index contributed by atoms with van der Waals surface area (Å²) in [5.41, 5.74) is 5.14. The summed E-state index contributed by atoms with van der Waals surface area (Å²) in [5.74, 6) is 0. The van der Waals surface area contributed by atoms with Crippen molar-refractivity contribution in [3.05, 3.63) is 35.4 Å². The van der Waals surface area contributed by atoms with Crippen LogP contribution in [0, 0.1) is 0 Å². The molecule has 0 bridgehead atoms. The Bertz CT molecular complexity index is 417. The highest BCUT2D eigenvalue weighted by molar-refractivity contribution is 7.80. The monoisotopic (exact) mass is 279 g/mol. The number of hydrogen-bond acceptors (Lipinski definition) is 3. The molecule has 0 saturated carbocycles. The third-order valence-corrected chi connectivity index (χ3v) is 2.77. The molecule has 0 heterocycles. The molecule has 1 aromatic carbocycles. The second kappa shape index (κ2) is 8.61. The Kier molecular flexibility index (Phi) is 7.07. The number of thiocarbonyl (C=S) groups is 1. The van der Waals surface area contributed by atoms with E-state index in [-0.39, 0.29) is 6.04 Å². The number of aryl methyl sites for hydroxylation is 1. The summed E-state index contributed by atoms with van der Waals surface area (Å²) in [5, 5.41) is 7.65. The maximum absolute atomic E-state index is 5.11. The van der Waals surface area contributed by atoms with Crippen LogP contribution in [0.2, 0.25) is 0 Å². The Hall–Kier alpha value is -1.46. The number of ether oxygens (including phenoxy) is 1. The molecule has 1 aromatic rings. The molecule has 2 N–H and O–H groups in total. The first-order valence-electron chi connectivity index (χ1n) is 6.33. The van der Waals surface area contributed by atoms with Crippen molar-refractivity contribution in [3.8, 4) is 0 Å². The summed E-state index contributed by atoms with van der Waals surface area (Å²) in [4.78, 5) is 0. The predicted molar refractivity (Wildman–Crippen MR) is 83.6 cm³/mol. The van der Waals surface area contributed by atoms with E-state index in [9.17, 15) is 0 Å². The van der Waals surface area contributed by atoms with E-state index in [0.717, 1.165) is 12.0 Å². The molecule has 0 aliphatic rings. The van der Waals surface area contributed by atoms with Crippen LogP contribution in [0.3, 0.4) is 0 Å². The van der Waals surface area contributed by atoms with Gasteiger partial charge in [0, 0.05) is 13.2 Å². The Morgan fingerprint density at radius 2 is 2.11 bits per heavy atom. The molecule has 0 amide bonds. The lowest BCUT2D eigenvalue weighted by Crippen LogP contribution is -2.40. The molecule has 19 heavy (non-hydrogen) atoms. The highest BCUT2D eigenvalue weighted by Crippen LogP contribution is 2.02. The van der Waals surface area contributed by atoms with E-state index >= 15 is 0 Å². The normalized spacial score (nSPS) is 12.4. The summed E-state index contributed by atoms with van der Waals surface area (Å²) in [6, 6.07) is 8.42. The van der Waals surface area contributed by atoms with Gasteiger partial charge in [0.25, 0.3) is 0 Å². The van der Waals surface area contributed by atoms with Crippen molar-refractivity contribution in [2.24, 2.45) is 5.10 Å². The molecule has 0 unspecified atom stereocenters. The number of hydrogen-bond donors (Lipinski definition) is 2. The van der Waals surface area contributed by atoms with E-state index in [1.165, 1.54) is 5.56 Å². The summed E-state index contributed by atoms with van der Waals surface area (Å²) in [6.45, 7) is 4.73. The van der Waals surface area contributed by atoms with Crippen molar-refractivity contribution in [2.45, 2.75) is 26.3 Å². The van der Waals surface area contributed by atoms with Gasteiger partial charge in [-0.1, -0.05) is 31.2 Å². The largest absolute Gasteiger partial charge is 0.383 e. The van der Waals surface area contributed by atoms with Crippen molar-refractivity contribution in [2.75, 3.05) is 13.7 Å². The average molecular weight is 279 g/mol. The molecular formula is C14H21N3OS. The highest BCUT2D eigenvalue weighted by Gasteiger charge is 2.01. The van der Waals surface area contributed by atoms with Crippen LogP contribution in [0.1, 0.15) is 25.0 Å². The van der Waals surface area contributed by atoms with E-state index in [1.807, 2.05) is 19.1 Å². The van der Waals surface area contributed by atoms with Gasteiger partial charge in [0.1, 0.15) is 0 Å². The zero-order valence-electron chi connectivity index (χ0n) is 11.6. The smallest absolute Gasteiger partial charge is 0.187 e. The number of benzene rings is 1. The van der Waals surface area contributed by atoms with Crippen LogP contribution in [-0.2, 0) is 11.2 Å². The summed E-state index contributed by atoms with van der Waals surface area (Å²) >= 11 is 5.11. The minimum Gasteiger partial charge on any atom is -0.383 e. The van der Waals surface area contributed by atoms with E-state index in [1.54, 1.807) is 13.3 Å². The van der Waals surface area contributed by atoms with Crippen LogP contribution < -0.4 is 10.7 Å². The fourth-order valence-corrected chi connectivity index (χ4v) is 1.81. The van der Waals surface area contributed by atoms with Gasteiger partial charge in [-0.2, -0.15) is 5.10 Å². The van der Waals surface area contributed by atoms with Gasteiger partial charge in [-0.3, -0.25) is 5.43 Å². The zero-order chi connectivity index (χ0) is 14.1. The maximum atomic E-state index is 5.11. The highest BCUT2D eigenvalue weighted by atomic mass is 32.1. The molecule has 0 radical (unpaired) electrons. The van der Waals surface area contributed by atoms with Crippen LogP contribution in [0.25, 0.3) is 0 Å². The number of hydrazone groups is 1. The number of methoxy groups -OCH3 is 1. The van der Waals surface area contributed by atoms with Crippen molar-refractivity contribution in [1.82, 2.24) is 10.7 Å². The third kappa shape index (κ3) is 6.31. The molecule has 0 aromatic heterocycles. The molecule has 1 rings (SSSR count). The van der Waals surface area contributed by atoms with Gasteiger partial charge in [0.2, 0.25) is 0 Å². The molecule has 1 atom stereocenters.